The molecule has 4 amide bonds. The number of carbonyl (C=O) groups excluding carboxylic acids is 4. The predicted molar refractivity (Wildman–Crippen MR) is 162 cm³/mol. The van der Waals surface area contributed by atoms with Gasteiger partial charge in [-0.3, -0.25) is 33.4 Å². The highest BCUT2D eigenvalue weighted by Crippen LogP contribution is 2.39. The summed E-state index contributed by atoms with van der Waals surface area (Å²) in [6.07, 6.45) is 9.10. The van der Waals surface area contributed by atoms with E-state index in [4.69, 9.17) is 4.74 Å². The highest BCUT2D eigenvalue weighted by atomic mass is 16.5. The average molecular weight is 615 g/mol. The summed E-state index contributed by atoms with van der Waals surface area (Å²) in [5, 5.41) is 15.1. The fourth-order valence-electron chi connectivity index (χ4n) is 6.59. The number of likely N-dealkylation sites (tertiary alicyclic amines) is 1. The van der Waals surface area contributed by atoms with Crippen LogP contribution in [0.1, 0.15) is 88.2 Å². The third kappa shape index (κ3) is 5.84. The molecule has 236 valence electrons. The van der Waals surface area contributed by atoms with Crippen LogP contribution in [0.4, 0.5) is 5.69 Å². The summed E-state index contributed by atoms with van der Waals surface area (Å²) in [7, 11) is 1.91. The van der Waals surface area contributed by atoms with Gasteiger partial charge in [0.25, 0.3) is 11.8 Å². The standard InChI is InChI=1S/C32H38N8O5/c1-37-23(14-26(36-37)21-7-8-21)15-28(41)38-11-9-22(10-12-38)39-18-20(17-35-39)16-33-25-5-2-4-24-29(25)32(44)40(31(24)43)27-6-3-13-45-19-34-30(27)42/h2,4-5,14,17-18,21-22,27,33H,3,6-13,15-16,19H2,1H3,(H,34,42). The lowest BCUT2D eigenvalue weighted by Crippen LogP contribution is -2.51. The molecule has 2 saturated heterocycles. The van der Waals surface area contributed by atoms with Crippen molar-refractivity contribution in [3.05, 3.63) is 64.7 Å². The van der Waals surface area contributed by atoms with Gasteiger partial charge in [-0.15, -0.1) is 0 Å². The Labute approximate surface area is 260 Å². The van der Waals surface area contributed by atoms with Crippen molar-refractivity contribution in [2.45, 2.75) is 69.5 Å². The number of amides is 4. The van der Waals surface area contributed by atoms with Gasteiger partial charge in [-0.05, 0) is 56.7 Å². The number of carbonyl (C=O) groups is 4. The molecule has 1 atom stereocenters. The molecule has 3 fully saturated rings. The van der Waals surface area contributed by atoms with Crippen molar-refractivity contribution < 1.29 is 23.9 Å². The molecule has 1 saturated carbocycles. The minimum absolute atomic E-state index is 0.0589. The van der Waals surface area contributed by atoms with E-state index >= 15 is 0 Å². The molecule has 5 heterocycles. The predicted octanol–water partition coefficient (Wildman–Crippen LogP) is 2.36. The Kier molecular flexibility index (Phi) is 7.86. The molecule has 1 unspecified atom stereocenters. The number of ether oxygens (including phenoxy) is 1. The van der Waals surface area contributed by atoms with Gasteiger partial charge in [0.05, 0.1) is 35.5 Å². The SMILES string of the molecule is Cn1nc(C2CC2)cc1CC(=O)N1CCC(n2cc(CNc3cccc4c3C(=O)N(C3CCCOCNC3=O)C4=O)cn2)CC1. The van der Waals surface area contributed by atoms with Crippen molar-refractivity contribution in [1.82, 2.24) is 34.7 Å². The van der Waals surface area contributed by atoms with Crippen LogP contribution >= 0.6 is 0 Å². The fourth-order valence-corrected chi connectivity index (χ4v) is 6.59. The molecule has 13 heteroatoms. The van der Waals surface area contributed by atoms with Crippen molar-refractivity contribution in [1.29, 1.82) is 0 Å². The zero-order valence-corrected chi connectivity index (χ0v) is 25.4. The molecule has 45 heavy (non-hydrogen) atoms. The minimum atomic E-state index is -0.871. The number of fused-ring (bicyclic) bond motifs is 1. The fraction of sp³-hybridized carbons (Fsp3) is 0.500. The average Bonchev–Trinajstić information content (AvgIpc) is 3.59. The Bertz CT molecular complexity index is 1630. The molecule has 3 aliphatic heterocycles. The van der Waals surface area contributed by atoms with Crippen LogP contribution in [0, 0.1) is 0 Å². The van der Waals surface area contributed by atoms with Crippen LogP contribution < -0.4 is 10.6 Å². The molecule has 0 bridgehead atoms. The topological polar surface area (TPSA) is 144 Å². The van der Waals surface area contributed by atoms with Gasteiger partial charge in [0.1, 0.15) is 12.8 Å². The number of hydrogen-bond donors (Lipinski definition) is 2. The van der Waals surface area contributed by atoms with E-state index in [1.807, 2.05) is 27.5 Å². The van der Waals surface area contributed by atoms with Crippen LogP contribution in [-0.4, -0.2) is 85.5 Å². The number of anilines is 1. The molecular weight excluding hydrogens is 576 g/mol. The zero-order valence-electron chi connectivity index (χ0n) is 25.4. The maximum absolute atomic E-state index is 13.5. The molecule has 13 nitrogen and oxygen atoms in total. The number of nitrogens with one attached hydrogen (secondary N) is 2. The third-order valence-electron chi connectivity index (χ3n) is 9.33. The monoisotopic (exact) mass is 614 g/mol. The van der Waals surface area contributed by atoms with Gasteiger partial charge < -0.3 is 20.3 Å². The Morgan fingerprint density at radius 2 is 1.91 bits per heavy atom. The second kappa shape index (κ2) is 12.1. The molecule has 0 spiro atoms. The Morgan fingerprint density at radius 3 is 2.71 bits per heavy atom. The van der Waals surface area contributed by atoms with Crippen molar-refractivity contribution in [2.75, 3.05) is 31.7 Å². The molecule has 2 aromatic heterocycles. The van der Waals surface area contributed by atoms with E-state index in [1.165, 1.54) is 12.8 Å². The number of nitrogens with zero attached hydrogens (tertiary/aromatic N) is 6. The summed E-state index contributed by atoms with van der Waals surface area (Å²) in [6, 6.07) is 6.54. The molecule has 7 rings (SSSR count). The molecular formula is C32H38N8O5. The highest BCUT2D eigenvalue weighted by molar-refractivity contribution is 6.25. The maximum atomic E-state index is 13.5. The largest absolute Gasteiger partial charge is 0.380 e. The lowest BCUT2D eigenvalue weighted by Gasteiger charge is -2.32. The number of benzene rings is 1. The smallest absolute Gasteiger partial charge is 0.264 e. The lowest BCUT2D eigenvalue weighted by atomic mass is 10.0. The van der Waals surface area contributed by atoms with Crippen LogP contribution in [-0.2, 0) is 34.3 Å². The van der Waals surface area contributed by atoms with Crippen molar-refractivity contribution in [2.24, 2.45) is 7.05 Å². The molecule has 3 aromatic rings. The summed E-state index contributed by atoms with van der Waals surface area (Å²) in [4.78, 5) is 55.6. The number of aryl methyl sites for hydroxylation is 1. The number of imide groups is 1. The minimum Gasteiger partial charge on any atom is -0.380 e. The number of rotatable bonds is 8. The van der Waals surface area contributed by atoms with Crippen LogP contribution in [0.2, 0.25) is 0 Å². The third-order valence-corrected chi connectivity index (χ3v) is 9.33. The zero-order chi connectivity index (χ0) is 31.1. The van der Waals surface area contributed by atoms with Crippen LogP contribution in [0.5, 0.6) is 0 Å². The van der Waals surface area contributed by atoms with E-state index in [0.29, 0.717) is 62.7 Å². The van der Waals surface area contributed by atoms with E-state index < -0.39 is 23.8 Å². The van der Waals surface area contributed by atoms with Gasteiger partial charge in [0.2, 0.25) is 11.8 Å². The first-order valence-electron chi connectivity index (χ1n) is 15.8. The highest BCUT2D eigenvalue weighted by Gasteiger charge is 2.44. The lowest BCUT2D eigenvalue weighted by molar-refractivity contribution is -0.132. The van der Waals surface area contributed by atoms with Gasteiger partial charge >= 0.3 is 0 Å². The first-order chi connectivity index (χ1) is 21.9. The molecule has 1 aliphatic carbocycles. The van der Waals surface area contributed by atoms with Crippen LogP contribution in [0.3, 0.4) is 0 Å². The summed E-state index contributed by atoms with van der Waals surface area (Å²) in [5.41, 5.74) is 4.13. The Morgan fingerprint density at radius 1 is 1.09 bits per heavy atom. The van der Waals surface area contributed by atoms with Gasteiger partial charge in [0.15, 0.2) is 0 Å². The van der Waals surface area contributed by atoms with Crippen molar-refractivity contribution in [3.8, 4) is 0 Å². The van der Waals surface area contributed by atoms with Crippen molar-refractivity contribution >= 4 is 29.3 Å². The van der Waals surface area contributed by atoms with E-state index in [-0.39, 0.29) is 24.2 Å². The maximum Gasteiger partial charge on any atom is 0.264 e. The Balaban J connectivity index is 0.951. The number of aromatic nitrogens is 4. The summed E-state index contributed by atoms with van der Waals surface area (Å²) >= 11 is 0. The number of piperidine rings is 1. The van der Waals surface area contributed by atoms with Gasteiger partial charge in [-0.2, -0.15) is 10.2 Å². The van der Waals surface area contributed by atoms with Gasteiger partial charge in [0, 0.05) is 62.3 Å². The van der Waals surface area contributed by atoms with E-state index in [2.05, 4.69) is 26.9 Å². The first kappa shape index (κ1) is 29.2. The quantitative estimate of drug-likeness (QED) is 0.368. The summed E-state index contributed by atoms with van der Waals surface area (Å²) in [6.45, 7) is 2.27. The van der Waals surface area contributed by atoms with Gasteiger partial charge in [-0.1, -0.05) is 6.07 Å². The summed E-state index contributed by atoms with van der Waals surface area (Å²) < 4.78 is 9.10. The Hall–Kier alpha value is -4.52. The van der Waals surface area contributed by atoms with E-state index in [1.54, 1.807) is 24.4 Å². The van der Waals surface area contributed by atoms with E-state index in [0.717, 1.165) is 34.7 Å². The van der Waals surface area contributed by atoms with E-state index in [9.17, 15) is 19.2 Å². The second-order valence-corrected chi connectivity index (χ2v) is 12.4. The summed E-state index contributed by atoms with van der Waals surface area (Å²) in [5.74, 6) is -0.616. The van der Waals surface area contributed by atoms with Crippen molar-refractivity contribution in [3.63, 3.8) is 0 Å². The van der Waals surface area contributed by atoms with Gasteiger partial charge in [-0.25, -0.2) is 0 Å². The van der Waals surface area contributed by atoms with Crippen LogP contribution in [0.15, 0.2) is 36.7 Å². The molecule has 0 radical (unpaired) electrons. The normalized spacial score (nSPS) is 21.0. The first-order valence-corrected chi connectivity index (χ1v) is 15.8. The molecule has 4 aliphatic rings. The molecule has 1 aromatic carbocycles. The molecule has 2 N–H and O–H groups in total. The second-order valence-electron chi connectivity index (χ2n) is 12.4. The number of hydrogen-bond acceptors (Lipinski definition) is 8. The van der Waals surface area contributed by atoms with Crippen LogP contribution in [0.25, 0.3) is 0 Å².